The zero-order chi connectivity index (χ0) is 13.1. The predicted octanol–water partition coefficient (Wildman–Crippen LogP) is 2.78. The van der Waals surface area contributed by atoms with Crippen molar-refractivity contribution < 1.29 is 19.4 Å². The number of carbonyl (C=O) groups is 2. The Morgan fingerprint density at radius 3 is 2.35 bits per heavy atom. The maximum atomic E-state index is 11.0. The first-order chi connectivity index (χ1) is 8.02. The molecule has 0 saturated carbocycles. The monoisotopic (exact) mass is 242 g/mol. The van der Waals surface area contributed by atoms with Crippen LogP contribution in [0.2, 0.25) is 0 Å². The average Bonchev–Trinajstić information content (AvgIpc) is 2.24. The molecule has 4 nitrogen and oxygen atoms in total. The molecule has 0 aliphatic rings. The molecule has 0 amide bonds. The van der Waals surface area contributed by atoms with Crippen molar-refractivity contribution in [3.8, 4) is 0 Å². The maximum Gasteiger partial charge on any atom is 0.331 e. The summed E-state index contributed by atoms with van der Waals surface area (Å²) in [4.78, 5) is 21.1. The van der Waals surface area contributed by atoms with Gasteiger partial charge in [0.2, 0.25) is 0 Å². The minimum Gasteiger partial charge on any atom is -0.478 e. The molecule has 0 spiro atoms. The molecule has 0 bridgehead atoms. The Hall–Kier alpha value is -1.32. The van der Waals surface area contributed by atoms with E-state index in [1.807, 2.05) is 0 Å². The minimum atomic E-state index is -1.14. The quantitative estimate of drug-likeness (QED) is 0.383. The van der Waals surface area contributed by atoms with Crippen LogP contribution in [-0.4, -0.2) is 23.7 Å². The Morgan fingerprint density at radius 2 is 1.76 bits per heavy atom. The fourth-order valence-electron chi connectivity index (χ4n) is 1.37. The number of unbranched alkanes of at least 4 members (excludes halogenated alkanes) is 3. The minimum absolute atomic E-state index is 0.366. The van der Waals surface area contributed by atoms with Crippen LogP contribution >= 0.6 is 0 Å². The first kappa shape index (κ1) is 15.7. The van der Waals surface area contributed by atoms with Crippen LogP contribution in [0.25, 0.3) is 0 Å². The summed E-state index contributed by atoms with van der Waals surface area (Å²) < 4.78 is 4.83. The lowest BCUT2D eigenvalue weighted by molar-refractivity contribution is -0.138. The van der Waals surface area contributed by atoms with E-state index in [4.69, 9.17) is 9.84 Å². The molecular formula is C13H22O4. The summed E-state index contributed by atoms with van der Waals surface area (Å²) in [6.45, 7) is 4.78. The van der Waals surface area contributed by atoms with Gasteiger partial charge < -0.3 is 9.84 Å². The molecular weight excluding hydrogens is 220 g/mol. The van der Waals surface area contributed by atoms with Gasteiger partial charge in [0.15, 0.2) is 0 Å². The molecule has 0 saturated heterocycles. The topological polar surface area (TPSA) is 63.6 Å². The van der Waals surface area contributed by atoms with Gasteiger partial charge in [0.1, 0.15) is 0 Å². The van der Waals surface area contributed by atoms with Gasteiger partial charge in [0, 0.05) is 12.2 Å². The Labute approximate surface area is 103 Å². The zero-order valence-corrected chi connectivity index (χ0v) is 10.6. The highest BCUT2D eigenvalue weighted by Gasteiger charge is 1.98. The molecule has 98 valence electrons. The molecule has 0 heterocycles. The molecule has 0 atom stereocenters. The maximum absolute atomic E-state index is 11.0. The lowest BCUT2D eigenvalue weighted by atomic mass is 10.0. The Bertz CT molecular complexity index is 256. The number of carboxylic acid groups (broad SMARTS) is 1. The lowest BCUT2D eigenvalue weighted by Gasteiger charge is -2.04. The van der Waals surface area contributed by atoms with E-state index in [0.29, 0.717) is 6.61 Å². The van der Waals surface area contributed by atoms with Crippen LogP contribution in [0.3, 0.4) is 0 Å². The standard InChI is InChI=1S/C13H22O4/c1-11(2)7-5-3-4-6-10-17-13(16)9-8-12(14)15/h8-9,11H,3-7,10H2,1-2H3,(H,14,15)/b9-8+. The molecule has 0 aromatic rings. The number of aliphatic carboxylic acids is 1. The highest BCUT2D eigenvalue weighted by atomic mass is 16.5. The van der Waals surface area contributed by atoms with Gasteiger partial charge in [-0.25, -0.2) is 9.59 Å². The van der Waals surface area contributed by atoms with E-state index in [-0.39, 0.29) is 0 Å². The normalized spacial score (nSPS) is 11.0. The first-order valence-electron chi connectivity index (χ1n) is 6.10. The highest BCUT2D eigenvalue weighted by molar-refractivity contribution is 5.90. The van der Waals surface area contributed by atoms with Crippen LogP contribution in [0.1, 0.15) is 46.0 Å². The summed E-state index contributed by atoms with van der Waals surface area (Å²) in [5, 5.41) is 8.28. The summed E-state index contributed by atoms with van der Waals surface area (Å²) in [5.74, 6) is -0.987. The lowest BCUT2D eigenvalue weighted by Crippen LogP contribution is -2.03. The van der Waals surface area contributed by atoms with Crippen molar-refractivity contribution in [2.75, 3.05) is 6.61 Å². The summed E-state index contributed by atoms with van der Waals surface area (Å²) in [6, 6.07) is 0. The second-order valence-corrected chi connectivity index (χ2v) is 4.44. The van der Waals surface area contributed by atoms with Gasteiger partial charge in [0.05, 0.1) is 6.61 Å². The van der Waals surface area contributed by atoms with Gasteiger partial charge in [-0.15, -0.1) is 0 Å². The molecule has 1 N–H and O–H groups in total. The SMILES string of the molecule is CC(C)CCCCCCOC(=O)/C=C/C(=O)O. The molecule has 0 radical (unpaired) electrons. The Balaban J connectivity index is 3.34. The molecule has 17 heavy (non-hydrogen) atoms. The molecule has 0 aromatic carbocycles. The predicted molar refractivity (Wildman–Crippen MR) is 65.7 cm³/mol. The van der Waals surface area contributed by atoms with Crippen LogP contribution in [-0.2, 0) is 14.3 Å². The summed E-state index contributed by atoms with van der Waals surface area (Å²) >= 11 is 0. The van der Waals surface area contributed by atoms with Crippen LogP contribution < -0.4 is 0 Å². The van der Waals surface area contributed by atoms with E-state index in [1.165, 1.54) is 12.8 Å². The largest absolute Gasteiger partial charge is 0.478 e. The highest BCUT2D eigenvalue weighted by Crippen LogP contribution is 2.09. The third kappa shape index (κ3) is 12.6. The third-order valence-electron chi connectivity index (χ3n) is 2.28. The number of esters is 1. The number of carbonyl (C=O) groups excluding carboxylic acids is 1. The van der Waals surface area contributed by atoms with Gasteiger partial charge in [-0.05, 0) is 12.3 Å². The van der Waals surface area contributed by atoms with Crippen LogP contribution in [0.4, 0.5) is 0 Å². The summed E-state index contributed by atoms with van der Waals surface area (Å²) in [5.41, 5.74) is 0. The van der Waals surface area contributed by atoms with Gasteiger partial charge in [-0.3, -0.25) is 0 Å². The molecule has 4 heteroatoms. The van der Waals surface area contributed by atoms with E-state index in [9.17, 15) is 9.59 Å². The van der Waals surface area contributed by atoms with Crippen molar-refractivity contribution in [1.82, 2.24) is 0 Å². The molecule has 0 rings (SSSR count). The second-order valence-electron chi connectivity index (χ2n) is 4.44. The van der Waals surface area contributed by atoms with Gasteiger partial charge in [-0.1, -0.05) is 39.5 Å². The Kier molecular flexibility index (Phi) is 9.11. The van der Waals surface area contributed by atoms with Crippen LogP contribution in [0.5, 0.6) is 0 Å². The number of hydrogen-bond acceptors (Lipinski definition) is 3. The van der Waals surface area contributed by atoms with Gasteiger partial charge in [-0.2, -0.15) is 0 Å². The fraction of sp³-hybridized carbons (Fsp3) is 0.692. The summed E-state index contributed by atoms with van der Waals surface area (Å²) in [6.07, 6.45) is 7.20. The van der Waals surface area contributed by atoms with E-state index < -0.39 is 11.9 Å². The zero-order valence-electron chi connectivity index (χ0n) is 10.6. The van der Waals surface area contributed by atoms with E-state index in [0.717, 1.165) is 37.3 Å². The van der Waals surface area contributed by atoms with Crippen molar-refractivity contribution >= 4 is 11.9 Å². The van der Waals surface area contributed by atoms with Gasteiger partial charge in [0.25, 0.3) is 0 Å². The third-order valence-corrected chi connectivity index (χ3v) is 2.28. The number of ether oxygens (including phenoxy) is 1. The summed E-state index contributed by atoms with van der Waals surface area (Å²) in [7, 11) is 0. The molecule has 0 fully saturated rings. The van der Waals surface area contributed by atoms with Crippen molar-refractivity contribution in [3.63, 3.8) is 0 Å². The van der Waals surface area contributed by atoms with Crippen molar-refractivity contribution in [3.05, 3.63) is 12.2 Å². The van der Waals surface area contributed by atoms with Crippen molar-refractivity contribution in [2.24, 2.45) is 5.92 Å². The number of carboxylic acids is 1. The van der Waals surface area contributed by atoms with Gasteiger partial charge >= 0.3 is 11.9 Å². The van der Waals surface area contributed by atoms with Crippen molar-refractivity contribution in [2.45, 2.75) is 46.0 Å². The fourth-order valence-corrected chi connectivity index (χ4v) is 1.37. The molecule has 0 unspecified atom stereocenters. The Morgan fingerprint density at radius 1 is 1.12 bits per heavy atom. The number of rotatable bonds is 9. The molecule has 0 aliphatic carbocycles. The van der Waals surface area contributed by atoms with E-state index in [2.05, 4.69) is 13.8 Å². The average molecular weight is 242 g/mol. The smallest absolute Gasteiger partial charge is 0.331 e. The van der Waals surface area contributed by atoms with Crippen molar-refractivity contribution in [1.29, 1.82) is 0 Å². The second kappa shape index (κ2) is 9.87. The van der Waals surface area contributed by atoms with E-state index in [1.54, 1.807) is 0 Å². The van der Waals surface area contributed by atoms with E-state index >= 15 is 0 Å². The number of hydrogen-bond donors (Lipinski definition) is 1. The molecule has 0 aliphatic heterocycles. The van der Waals surface area contributed by atoms with Crippen LogP contribution in [0, 0.1) is 5.92 Å². The van der Waals surface area contributed by atoms with Crippen LogP contribution in [0.15, 0.2) is 12.2 Å². The first-order valence-corrected chi connectivity index (χ1v) is 6.10. The molecule has 0 aromatic heterocycles.